The first kappa shape index (κ1) is 130. The van der Waals surface area contributed by atoms with Gasteiger partial charge in [-0.25, -0.2) is 0 Å². The number of benzene rings is 1. The Hall–Kier alpha value is -9.27. The van der Waals surface area contributed by atoms with Gasteiger partial charge in [0.15, 0.2) is 25.2 Å². The summed E-state index contributed by atoms with van der Waals surface area (Å²) in [5, 5.41) is 169. The minimum Gasteiger partial charge on any atom is -0.756 e. The number of phosphoric acid groups is 1. The average Bonchev–Trinajstić information content (AvgIpc) is 0.824. The van der Waals surface area contributed by atoms with E-state index in [2.05, 4.69) is 83.5 Å². The van der Waals surface area contributed by atoms with Gasteiger partial charge in [0.05, 0.1) is 51.2 Å². The Labute approximate surface area is 866 Å². The van der Waals surface area contributed by atoms with Crippen molar-refractivity contribution in [3.05, 3.63) is 29.3 Å². The van der Waals surface area contributed by atoms with Crippen molar-refractivity contribution in [3.63, 3.8) is 0 Å². The molecule has 57 heteroatoms. The first-order valence-electron chi connectivity index (χ1n) is 50.0. The van der Waals surface area contributed by atoms with Crippen LogP contribution in [0.5, 0.6) is 5.75 Å². The molecule has 22 unspecified atom stereocenters. The number of carboxylic acids is 1. The molecule has 0 saturated carbocycles. The smallest absolute Gasteiger partial charge is 0.305 e. The maximum Gasteiger partial charge on any atom is 0.305 e. The van der Waals surface area contributed by atoms with E-state index in [1.54, 1.807) is 0 Å². The Kier molecular flexibility index (Phi) is 62.5. The van der Waals surface area contributed by atoms with E-state index in [0.29, 0.717) is 57.8 Å². The third-order valence-electron chi connectivity index (χ3n) is 23.8. The summed E-state index contributed by atoms with van der Waals surface area (Å²) in [4.78, 5) is 207. The van der Waals surface area contributed by atoms with Gasteiger partial charge in [-0.1, -0.05) is 6.42 Å². The fourth-order valence-corrected chi connectivity index (χ4v) is 17.4. The highest BCUT2D eigenvalue weighted by Gasteiger charge is 2.50. The number of hydrogen-bond donors (Lipinski definition) is 27. The van der Waals surface area contributed by atoms with Crippen molar-refractivity contribution in [2.45, 2.75) is 322 Å². The number of hydrogen-bond acceptors (Lipinski definition) is 41. The number of carbonyl (C=O) groups is 15. The largest absolute Gasteiger partial charge is 0.756 e. The third kappa shape index (κ3) is 49.6. The van der Waals surface area contributed by atoms with E-state index in [0.717, 1.165) is 18.9 Å². The highest BCUT2D eigenvalue weighted by atomic mass is 32.2. The Morgan fingerprint density at radius 3 is 1.02 bits per heavy atom. The second kappa shape index (κ2) is 71.6. The second-order valence-electron chi connectivity index (χ2n) is 35.9. The van der Waals surface area contributed by atoms with Gasteiger partial charge in [0.1, 0.15) is 122 Å². The highest BCUT2D eigenvalue weighted by Crippen LogP contribution is 2.37. The minimum atomic E-state index is -4.47. The van der Waals surface area contributed by atoms with E-state index < -0.39 is 257 Å². The summed E-state index contributed by atoms with van der Waals surface area (Å²) in [7, 11) is -3.54. The van der Waals surface area contributed by atoms with E-state index in [1.807, 2.05) is 0 Å². The number of ether oxygens (including phenoxy) is 9. The second-order valence-corrected chi connectivity index (χ2v) is 38.7. The number of carbonyl (C=O) groups excluding carboxylic acids is 14. The van der Waals surface area contributed by atoms with Crippen LogP contribution in [0.2, 0.25) is 0 Å². The molecule has 4 heterocycles. The molecule has 0 bridgehead atoms. The van der Waals surface area contributed by atoms with Crippen LogP contribution in [0.1, 0.15) is 203 Å². The highest BCUT2D eigenvalue weighted by molar-refractivity contribution is 8.00. The van der Waals surface area contributed by atoms with E-state index in [4.69, 9.17) is 42.6 Å². The molecule has 149 heavy (non-hydrogen) atoms. The van der Waals surface area contributed by atoms with Crippen LogP contribution >= 0.6 is 19.6 Å². The number of carboxylic acid groups (broad SMARTS) is 1. The Balaban J connectivity index is 1.26. The number of aliphatic hydroxyl groups is 12. The lowest BCUT2D eigenvalue weighted by Gasteiger charge is -2.42. The molecule has 14 amide bonds. The summed E-state index contributed by atoms with van der Waals surface area (Å²) in [6, 6.07) is -3.33. The number of rotatable bonds is 74. The molecule has 0 radical (unpaired) electrons. The summed E-state index contributed by atoms with van der Waals surface area (Å²) in [6.45, 7) is 0.809. The Morgan fingerprint density at radius 2 is 0.685 bits per heavy atom. The molecule has 4 saturated heterocycles. The zero-order valence-corrected chi connectivity index (χ0v) is 86.2. The van der Waals surface area contributed by atoms with Gasteiger partial charge >= 0.3 is 5.97 Å². The monoisotopic (exact) mass is 2170 g/mol. The number of amides is 14. The van der Waals surface area contributed by atoms with Crippen LogP contribution < -0.4 is 84.1 Å². The fraction of sp³-hybridized carbons (Fsp3) is 0.772. The van der Waals surface area contributed by atoms with Crippen molar-refractivity contribution in [2.75, 3.05) is 131 Å². The lowest BCUT2D eigenvalue weighted by atomic mass is 9.97. The number of thioether (sulfide) groups is 1. The van der Waals surface area contributed by atoms with Crippen LogP contribution in [0.15, 0.2) is 18.2 Å². The van der Waals surface area contributed by atoms with Crippen molar-refractivity contribution in [3.8, 4) is 5.75 Å². The summed E-state index contributed by atoms with van der Waals surface area (Å²) < 4.78 is 71.8. The third-order valence-corrected chi connectivity index (χ3v) is 26.0. The van der Waals surface area contributed by atoms with Crippen LogP contribution in [-0.4, -0.2) is 426 Å². The van der Waals surface area contributed by atoms with Gasteiger partial charge in [0.25, 0.3) is 19.6 Å². The first-order chi connectivity index (χ1) is 71.0. The zero-order chi connectivity index (χ0) is 110. The predicted octanol–water partition coefficient (Wildman–Crippen LogP) is -8.29. The quantitative estimate of drug-likeness (QED) is 0.0213. The number of aliphatic hydroxyl groups excluding tert-OH is 12. The Bertz CT molecular complexity index is 4130. The molecule has 0 aromatic heterocycles. The van der Waals surface area contributed by atoms with Gasteiger partial charge in [-0.3, -0.25) is 76.5 Å². The van der Waals surface area contributed by atoms with Crippen molar-refractivity contribution < 1.29 is 199 Å². The molecule has 27 N–H and O–H groups in total. The predicted molar refractivity (Wildman–Crippen MR) is 519 cm³/mol. The summed E-state index contributed by atoms with van der Waals surface area (Å²) >= 11 is 1.01. The lowest BCUT2D eigenvalue weighted by Crippen LogP contribution is -2.64. The van der Waals surface area contributed by atoms with E-state index in [9.17, 15) is 148 Å². The van der Waals surface area contributed by atoms with Crippen LogP contribution in [0.25, 0.3) is 0 Å². The molecule has 0 spiro atoms. The number of nitrogens with one attached hydrogen (secondary N) is 14. The van der Waals surface area contributed by atoms with Gasteiger partial charge in [0.2, 0.25) is 70.9 Å². The molecule has 4 aliphatic rings. The van der Waals surface area contributed by atoms with E-state index >= 15 is 0 Å². The first-order valence-corrected chi connectivity index (χ1v) is 52.5. The molecule has 0 aliphatic carbocycles. The molecular formula is C92H154N14O41PS-. The minimum absolute atomic E-state index is 0.00386. The van der Waals surface area contributed by atoms with Crippen LogP contribution in [0, 0.1) is 0 Å². The lowest BCUT2D eigenvalue weighted by molar-refractivity contribution is -0.270. The van der Waals surface area contributed by atoms with Crippen LogP contribution in [0.3, 0.4) is 0 Å². The van der Waals surface area contributed by atoms with Crippen LogP contribution in [0.4, 0.5) is 0 Å². The van der Waals surface area contributed by atoms with Crippen molar-refractivity contribution in [2.24, 2.45) is 0 Å². The molecule has 5 rings (SSSR count). The molecular weight excluding hydrogens is 2020 g/mol. The van der Waals surface area contributed by atoms with Gasteiger partial charge in [-0.15, -0.1) is 11.8 Å². The van der Waals surface area contributed by atoms with Crippen molar-refractivity contribution in [1.29, 1.82) is 0 Å². The summed E-state index contributed by atoms with van der Waals surface area (Å²) in [5.41, 5.74) is -0.297. The summed E-state index contributed by atoms with van der Waals surface area (Å²) in [5.74, 6) is -9.00. The average molecular weight is 2180 g/mol. The van der Waals surface area contributed by atoms with E-state index in [-0.39, 0.29) is 216 Å². The number of unbranched alkanes of at least 4 members (excludes halogenated alkanes) is 8. The van der Waals surface area contributed by atoms with Crippen LogP contribution in [-0.2, 0) is 114 Å². The Morgan fingerprint density at radius 1 is 0.369 bits per heavy atom. The summed E-state index contributed by atoms with van der Waals surface area (Å²) in [6.07, 6.45) is -18.3. The normalized spacial score (nSPS) is 24.6. The molecule has 1 aromatic carbocycles. The number of aliphatic carboxylic acids is 1. The maximum atomic E-state index is 14.2. The molecule has 1 aromatic rings. The molecule has 55 nitrogen and oxygen atoms in total. The molecule has 4 fully saturated rings. The SMILES string of the molecule is COP(=O)([O-])OCCCSC(CC(=O)O)C(=O)NCCCCCC(=O)NCCOc1cc(C(=O)NCCNC(=O)[C@H](CCCCNC(=O)CCCCOC2OC(CO)C(O)C(O)C2NC(C)=O)NC(=O)CCCCOC2OC(CO)C(O)C(O)C2NC(C)=O)cc(C(=O)NCCNC(=O)[C@H](CCCCNC(=O)CCCCOC2OC(CO)C(O)C(O)C2NC(C)=O)NC(=O)CCCCOC2OC(CO)C(O)C(O)C2NC(C)=O)c1. The fourth-order valence-electron chi connectivity index (χ4n) is 15.8. The van der Waals surface area contributed by atoms with Gasteiger partial charge in [0, 0.05) is 150 Å². The topological polar surface area (TPSA) is 829 Å². The van der Waals surface area contributed by atoms with Crippen molar-refractivity contribution >= 4 is 108 Å². The van der Waals surface area contributed by atoms with Gasteiger partial charge in [-0.05, 0) is 133 Å². The molecule has 4 aliphatic heterocycles. The number of phosphoric ester groups is 1. The maximum absolute atomic E-state index is 14.2. The zero-order valence-electron chi connectivity index (χ0n) is 84.5. The van der Waals surface area contributed by atoms with Crippen molar-refractivity contribution in [1.82, 2.24) is 74.4 Å². The molecule has 850 valence electrons. The molecule has 24 atom stereocenters. The van der Waals surface area contributed by atoms with Gasteiger partial charge < -0.3 is 197 Å². The van der Waals surface area contributed by atoms with Gasteiger partial charge in [-0.2, -0.15) is 0 Å². The van der Waals surface area contributed by atoms with E-state index in [1.165, 1.54) is 45.9 Å². The standard InChI is InChI=1S/C92H155N14O41PS/c1-52(111)101-72-80(126)76(122)61(48-107)144-89(72)139-37-17-10-25-66(115)93-29-15-8-22-59(105-69(118)27-12-19-39-141-91-74(103-54(3)113)82(128)78(124)63(50-109)146-91)86(132)99-34-32-97-84(130)56-44-57(46-58(45-56)138-42-36-95-68(117)24-7-6-14-31-96-88(134)65(47-71(120)121)149-43-21-41-143-148(135,136)137-5)85(131)98-33-35-100-87(133)60(106-70(119)28-13-20-40-142-92-75(104-55(4)114)83(129)79(125)64(51-110)147-92)23-9-16-30-94-67(116)26-11-18-38-140-90-73(102-53(2)112)81(127)77(123)62(49-108)145-90/h44-46,59-65,72-83,89-92,107-110,122-129H,6-43,47-51H2,1-5H3,(H,93,115)(H,94,116)(H,95,117)(H,96,134)(H,97,130)(H,98,131)(H,99,132)(H,100,133)(H,101,111)(H,102,112)(H,103,113)(H,104,114)(H,105,118)(H,106,119)(H,120,121)(H,135,136)/p-1/t59-,60-,61?,62?,63?,64?,65?,72?,73?,74?,75?,76?,77?,78?,79?,80?,81?,82?,83?,89?,90?,91?,92?/m0/s1.